The Balaban J connectivity index is 1.33. The van der Waals surface area contributed by atoms with Crippen LogP contribution in [0.4, 0.5) is 0 Å². The molecule has 2 heterocycles. The van der Waals surface area contributed by atoms with Crippen molar-refractivity contribution in [2.45, 2.75) is 32.4 Å². The maximum absolute atomic E-state index is 12.3. The number of hydrogen-bond donors (Lipinski definition) is 2. The van der Waals surface area contributed by atoms with Gasteiger partial charge in [0.25, 0.3) is 0 Å². The second-order valence-corrected chi connectivity index (χ2v) is 7.71. The van der Waals surface area contributed by atoms with Crippen LogP contribution in [-0.4, -0.2) is 32.2 Å². The number of quaternary nitrogens is 1. The Morgan fingerprint density at radius 1 is 0.966 bits per heavy atom. The average Bonchev–Trinajstić information content (AvgIpc) is 2.77. The minimum atomic E-state index is -0.0972. The van der Waals surface area contributed by atoms with Gasteiger partial charge in [-0.2, -0.15) is 0 Å². The molecule has 2 N–H and O–H groups in total. The van der Waals surface area contributed by atoms with Crippen LogP contribution in [0.2, 0.25) is 0 Å². The Morgan fingerprint density at radius 2 is 1.72 bits per heavy atom. The van der Waals surface area contributed by atoms with Crippen molar-refractivity contribution in [2.24, 2.45) is 0 Å². The fraction of sp³-hybridized carbons (Fsp3) is 0.375. The quantitative estimate of drug-likeness (QED) is 0.741. The molecule has 0 aliphatic carbocycles. The number of rotatable bonds is 6. The number of benzene rings is 2. The van der Waals surface area contributed by atoms with Crippen LogP contribution < -0.4 is 19.7 Å². The first-order chi connectivity index (χ1) is 14.3. The number of nitrogens with one attached hydrogen (secondary N) is 2. The first-order valence-electron chi connectivity index (χ1n) is 10.5. The lowest BCUT2D eigenvalue weighted by molar-refractivity contribution is -0.918. The zero-order valence-electron chi connectivity index (χ0n) is 16.8. The lowest BCUT2D eigenvalue weighted by atomic mass is 10.0. The van der Waals surface area contributed by atoms with Gasteiger partial charge in [0.15, 0.2) is 11.5 Å². The van der Waals surface area contributed by atoms with Gasteiger partial charge >= 0.3 is 0 Å². The van der Waals surface area contributed by atoms with Crippen molar-refractivity contribution >= 4 is 12.0 Å². The molecule has 1 fully saturated rings. The highest BCUT2D eigenvalue weighted by molar-refractivity contribution is 5.91. The number of fused-ring (bicyclic) bond motifs is 1. The van der Waals surface area contributed by atoms with Crippen molar-refractivity contribution in [3.8, 4) is 11.5 Å². The van der Waals surface area contributed by atoms with Crippen molar-refractivity contribution < 1.29 is 19.2 Å². The summed E-state index contributed by atoms with van der Waals surface area (Å²) in [6.07, 6.45) is 7.37. The van der Waals surface area contributed by atoms with Crippen molar-refractivity contribution in [3.05, 3.63) is 65.2 Å². The normalized spacial score (nSPS) is 16.7. The molecular weight excluding hydrogens is 364 g/mol. The zero-order chi connectivity index (χ0) is 19.9. The van der Waals surface area contributed by atoms with Crippen LogP contribution >= 0.6 is 0 Å². The van der Waals surface area contributed by atoms with E-state index >= 15 is 0 Å². The molecule has 1 amide bonds. The summed E-state index contributed by atoms with van der Waals surface area (Å²) in [5.74, 6) is 1.39. The highest BCUT2D eigenvalue weighted by Crippen LogP contribution is 2.31. The van der Waals surface area contributed by atoms with Gasteiger partial charge in [-0.15, -0.1) is 0 Å². The van der Waals surface area contributed by atoms with E-state index in [1.165, 1.54) is 43.5 Å². The number of hydrogen-bond acceptors (Lipinski definition) is 3. The van der Waals surface area contributed by atoms with Crippen LogP contribution in [0.15, 0.2) is 48.5 Å². The van der Waals surface area contributed by atoms with E-state index in [2.05, 4.69) is 23.5 Å². The number of carbonyl (C=O) groups is 1. The van der Waals surface area contributed by atoms with Crippen LogP contribution in [-0.2, 0) is 17.9 Å². The predicted octanol–water partition coefficient (Wildman–Crippen LogP) is 2.36. The highest BCUT2D eigenvalue weighted by atomic mass is 16.6. The highest BCUT2D eigenvalue weighted by Gasteiger charge is 2.15. The van der Waals surface area contributed by atoms with Crippen LogP contribution in [0, 0.1) is 0 Å². The van der Waals surface area contributed by atoms with Crippen LogP contribution in [0.3, 0.4) is 0 Å². The monoisotopic (exact) mass is 393 g/mol. The molecule has 0 unspecified atom stereocenters. The Morgan fingerprint density at radius 3 is 2.55 bits per heavy atom. The first kappa shape index (κ1) is 19.5. The molecule has 2 aromatic carbocycles. The predicted molar refractivity (Wildman–Crippen MR) is 113 cm³/mol. The molecule has 2 aliphatic rings. The summed E-state index contributed by atoms with van der Waals surface area (Å²) in [5, 5.41) is 3.02. The molecule has 0 radical (unpaired) electrons. The third-order valence-electron chi connectivity index (χ3n) is 5.57. The molecule has 0 aromatic heterocycles. The number of ether oxygens (including phenoxy) is 2. The standard InChI is InChI=1S/C24H28N2O3/c27-24(11-9-19-8-10-22-23(16-19)29-15-14-28-22)25-17-20-6-2-3-7-21(20)18-26-12-4-1-5-13-26/h2-3,6-11,16H,1,4-5,12-15,17-18H2,(H,25,27)/p+1/b11-9+. The smallest absolute Gasteiger partial charge is 0.244 e. The fourth-order valence-corrected chi connectivity index (χ4v) is 3.98. The summed E-state index contributed by atoms with van der Waals surface area (Å²) in [6, 6.07) is 14.1. The van der Waals surface area contributed by atoms with E-state index in [1.807, 2.05) is 24.3 Å². The lowest BCUT2D eigenvalue weighted by Crippen LogP contribution is -3.11. The maximum Gasteiger partial charge on any atom is 0.244 e. The van der Waals surface area contributed by atoms with Gasteiger partial charge in [-0.1, -0.05) is 30.3 Å². The van der Waals surface area contributed by atoms with E-state index in [1.54, 1.807) is 17.1 Å². The van der Waals surface area contributed by atoms with Gasteiger partial charge in [-0.25, -0.2) is 0 Å². The number of likely N-dealkylation sites (tertiary alicyclic amines) is 1. The lowest BCUT2D eigenvalue weighted by Gasteiger charge is -2.24. The van der Waals surface area contributed by atoms with E-state index in [0.717, 1.165) is 23.6 Å². The molecule has 4 rings (SSSR count). The average molecular weight is 394 g/mol. The van der Waals surface area contributed by atoms with Gasteiger partial charge in [0.1, 0.15) is 19.8 Å². The van der Waals surface area contributed by atoms with Gasteiger partial charge in [-0.05, 0) is 48.6 Å². The topological polar surface area (TPSA) is 52.0 Å². The van der Waals surface area contributed by atoms with Crippen molar-refractivity contribution in [1.29, 1.82) is 0 Å². The Bertz CT molecular complexity index is 872. The zero-order valence-corrected chi connectivity index (χ0v) is 16.8. The van der Waals surface area contributed by atoms with Crippen molar-refractivity contribution in [3.63, 3.8) is 0 Å². The molecule has 5 heteroatoms. The summed E-state index contributed by atoms with van der Waals surface area (Å²) >= 11 is 0. The Labute approximate surface area is 172 Å². The molecular formula is C24H29N2O3+. The third kappa shape index (κ3) is 5.39. The van der Waals surface area contributed by atoms with Gasteiger partial charge in [0, 0.05) is 18.2 Å². The van der Waals surface area contributed by atoms with Crippen molar-refractivity contribution in [2.75, 3.05) is 26.3 Å². The third-order valence-corrected chi connectivity index (χ3v) is 5.57. The first-order valence-corrected chi connectivity index (χ1v) is 10.5. The fourth-order valence-electron chi connectivity index (χ4n) is 3.98. The molecule has 152 valence electrons. The maximum atomic E-state index is 12.3. The van der Waals surface area contributed by atoms with E-state index in [-0.39, 0.29) is 5.91 Å². The minimum absolute atomic E-state index is 0.0972. The van der Waals surface area contributed by atoms with Crippen LogP contribution in [0.1, 0.15) is 36.0 Å². The second kappa shape index (κ2) is 9.61. The summed E-state index contributed by atoms with van der Waals surface area (Å²) in [7, 11) is 0. The molecule has 2 aromatic rings. The summed E-state index contributed by atoms with van der Waals surface area (Å²) in [5.41, 5.74) is 3.45. The van der Waals surface area contributed by atoms with Gasteiger partial charge in [0.2, 0.25) is 5.91 Å². The van der Waals surface area contributed by atoms with E-state index in [4.69, 9.17) is 9.47 Å². The number of carbonyl (C=O) groups excluding carboxylic acids is 1. The largest absolute Gasteiger partial charge is 0.486 e. The second-order valence-electron chi connectivity index (χ2n) is 7.71. The van der Waals surface area contributed by atoms with E-state index in [9.17, 15) is 4.79 Å². The number of piperidine rings is 1. The van der Waals surface area contributed by atoms with Gasteiger partial charge in [0.05, 0.1) is 13.1 Å². The molecule has 2 aliphatic heterocycles. The summed E-state index contributed by atoms with van der Waals surface area (Å²) in [4.78, 5) is 14.0. The SMILES string of the molecule is O=C(/C=C/c1ccc2c(c1)OCCO2)NCc1ccccc1C[NH+]1CCCCC1. The van der Waals surface area contributed by atoms with Crippen LogP contribution in [0.25, 0.3) is 6.08 Å². The van der Waals surface area contributed by atoms with Gasteiger partial charge < -0.3 is 19.7 Å². The molecule has 0 bridgehead atoms. The Kier molecular flexibility index (Phi) is 6.47. The molecule has 0 atom stereocenters. The molecule has 29 heavy (non-hydrogen) atoms. The number of amides is 1. The molecule has 5 nitrogen and oxygen atoms in total. The molecule has 0 spiro atoms. The molecule has 1 saturated heterocycles. The van der Waals surface area contributed by atoms with Crippen molar-refractivity contribution in [1.82, 2.24) is 5.32 Å². The Hall–Kier alpha value is -2.79. The molecule has 0 saturated carbocycles. The minimum Gasteiger partial charge on any atom is -0.486 e. The van der Waals surface area contributed by atoms with Gasteiger partial charge in [-0.3, -0.25) is 4.79 Å². The van der Waals surface area contributed by atoms with E-state index < -0.39 is 0 Å². The van der Waals surface area contributed by atoms with Crippen LogP contribution in [0.5, 0.6) is 11.5 Å². The van der Waals surface area contributed by atoms with E-state index in [0.29, 0.717) is 19.8 Å². The summed E-state index contributed by atoms with van der Waals surface area (Å²) < 4.78 is 11.1. The summed E-state index contributed by atoms with van der Waals surface area (Å²) in [6.45, 7) is 5.22.